The maximum absolute atomic E-state index is 13.3. The van der Waals surface area contributed by atoms with Gasteiger partial charge in [-0.1, -0.05) is 0 Å². The Hall–Kier alpha value is -4.21. The molecule has 0 aromatic heterocycles. The number of esters is 2. The minimum absolute atomic E-state index is 0.0788. The van der Waals surface area contributed by atoms with Crippen molar-refractivity contribution >= 4 is 53.0 Å². The van der Waals surface area contributed by atoms with Crippen molar-refractivity contribution in [1.82, 2.24) is 20.9 Å². The zero-order chi connectivity index (χ0) is 32.1. The summed E-state index contributed by atoms with van der Waals surface area (Å²) < 4.78 is 9.82. The molecule has 1 heterocycles. The summed E-state index contributed by atoms with van der Waals surface area (Å²) in [6, 6.07) is 1.03. The smallest absolute Gasteiger partial charge is 0.334 e. The van der Waals surface area contributed by atoms with Gasteiger partial charge in [-0.15, -0.1) is 0 Å². The number of nitro benzene ring substituents is 1. The van der Waals surface area contributed by atoms with Crippen molar-refractivity contribution in [3.63, 3.8) is 0 Å². The standard InChI is InChI=1S/C27H37N5O10S/c1-16(28-22(33)11-12-23(34)41-3)24(35)29-17(2)26(37)31-14-5-6-21(31)25(36)30-20(13-15-43-4)27(38)42-19-9-7-18(8-10-19)32(39)40/h7-10,16-17,20-21H,5-6,11-15H2,1-4H3,(H,28,33)(H,29,35)(H,30,36)/t16-,17-,20-,21-/m0/s1. The Kier molecular flexibility index (Phi) is 13.9. The third-order valence-electron chi connectivity index (χ3n) is 6.60. The van der Waals surface area contributed by atoms with Crippen LogP contribution in [0.15, 0.2) is 24.3 Å². The Balaban J connectivity index is 1.99. The number of likely N-dealkylation sites (tertiary alicyclic amines) is 1. The highest BCUT2D eigenvalue weighted by molar-refractivity contribution is 7.98. The molecule has 0 aliphatic carbocycles. The fraction of sp³-hybridized carbons (Fsp3) is 0.556. The van der Waals surface area contributed by atoms with Gasteiger partial charge in [0, 0.05) is 25.1 Å². The number of hydrogen-bond acceptors (Lipinski definition) is 11. The van der Waals surface area contributed by atoms with Crippen molar-refractivity contribution in [3.05, 3.63) is 34.4 Å². The van der Waals surface area contributed by atoms with Gasteiger partial charge in [0.1, 0.15) is 29.9 Å². The molecule has 4 atom stereocenters. The van der Waals surface area contributed by atoms with Crippen molar-refractivity contribution in [2.24, 2.45) is 0 Å². The predicted molar refractivity (Wildman–Crippen MR) is 155 cm³/mol. The monoisotopic (exact) mass is 623 g/mol. The van der Waals surface area contributed by atoms with E-state index in [1.807, 2.05) is 6.26 Å². The highest BCUT2D eigenvalue weighted by Crippen LogP contribution is 2.21. The number of methoxy groups -OCH3 is 1. The van der Waals surface area contributed by atoms with Crippen LogP contribution in [0.4, 0.5) is 5.69 Å². The zero-order valence-corrected chi connectivity index (χ0v) is 25.3. The van der Waals surface area contributed by atoms with Gasteiger partial charge in [0.15, 0.2) is 0 Å². The molecule has 4 amide bonds. The van der Waals surface area contributed by atoms with Crippen LogP contribution in [0.3, 0.4) is 0 Å². The highest BCUT2D eigenvalue weighted by Gasteiger charge is 2.38. The SMILES string of the molecule is COC(=O)CCC(=O)N[C@@H](C)C(=O)N[C@@H](C)C(=O)N1CCC[C@H]1C(=O)N[C@@H](CCSC)C(=O)Oc1ccc([N+](=O)[O-])cc1. The fourth-order valence-electron chi connectivity index (χ4n) is 4.22. The molecule has 2 rings (SSSR count). The van der Waals surface area contributed by atoms with Crippen molar-refractivity contribution in [1.29, 1.82) is 0 Å². The number of benzene rings is 1. The molecule has 1 aromatic carbocycles. The molecule has 16 heteroatoms. The van der Waals surface area contributed by atoms with Gasteiger partial charge in [-0.2, -0.15) is 11.8 Å². The normalized spacial score (nSPS) is 16.3. The summed E-state index contributed by atoms with van der Waals surface area (Å²) in [6.07, 6.45) is 2.65. The molecule has 236 valence electrons. The predicted octanol–water partition coefficient (Wildman–Crippen LogP) is 0.692. The van der Waals surface area contributed by atoms with Crippen molar-refractivity contribution < 1.29 is 43.2 Å². The van der Waals surface area contributed by atoms with Crippen LogP contribution in [0.1, 0.15) is 46.0 Å². The first-order chi connectivity index (χ1) is 20.4. The summed E-state index contributed by atoms with van der Waals surface area (Å²) >= 11 is 1.46. The average Bonchev–Trinajstić information content (AvgIpc) is 3.47. The summed E-state index contributed by atoms with van der Waals surface area (Å²) in [5.41, 5.74) is -0.168. The summed E-state index contributed by atoms with van der Waals surface area (Å²) in [7, 11) is 1.20. The lowest BCUT2D eigenvalue weighted by atomic mass is 10.1. The Morgan fingerprint density at radius 3 is 2.33 bits per heavy atom. The molecule has 1 aliphatic heterocycles. The first-order valence-electron chi connectivity index (χ1n) is 13.6. The van der Waals surface area contributed by atoms with E-state index < -0.39 is 64.7 Å². The minimum Gasteiger partial charge on any atom is -0.469 e. The third-order valence-corrected chi connectivity index (χ3v) is 7.24. The molecule has 0 radical (unpaired) electrons. The second kappa shape index (κ2) is 17.0. The molecule has 1 fully saturated rings. The van der Waals surface area contributed by atoms with Crippen LogP contribution < -0.4 is 20.7 Å². The van der Waals surface area contributed by atoms with E-state index in [1.54, 1.807) is 0 Å². The van der Waals surface area contributed by atoms with Crippen molar-refractivity contribution in [3.8, 4) is 5.75 Å². The van der Waals surface area contributed by atoms with Gasteiger partial charge in [0.05, 0.1) is 18.5 Å². The van der Waals surface area contributed by atoms with Gasteiger partial charge in [-0.3, -0.25) is 34.1 Å². The van der Waals surface area contributed by atoms with Crippen LogP contribution in [0.5, 0.6) is 5.75 Å². The zero-order valence-electron chi connectivity index (χ0n) is 24.5. The maximum atomic E-state index is 13.3. The van der Waals surface area contributed by atoms with E-state index in [2.05, 4.69) is 20.7 Å². The number of hydrogen-bond donors (Lipinski definition) is 3. The topological polar surface area (TPSA) is 203 Å². The van der Waals surface area contributed by atoms with E-state index in [0.29, 0.717) is 18.6 Å². The number of nitrogens with zero attached hydrogens (tertiary/aromatic N) is 2. The number of nitrogens with one attached hydrogen (secondary N) is 3. The quantitative estimate of drug-likeness (QED) is 0.107. The van der Waals surface area contributed by atoms with Gasteiger partial charge >= 0.3 is 11.9 Å². The Bertz CT molecular complexity index is 1200. The molecule has 0 saturated carbocycles. The Morgan fingerprint density at radius 2 is 1.72 bits per heavy atom. The molecular weight excluding hydrogens is 586 g/mol. The van der Waals surface area contributed by atoms with Gasteiger partial charge in [-0.25, -0.2) is 4.79 Å². The number of amides is 4. The number of non-ortho nitro benzene ring substituents is 1. The maximum Gasteiger partial charge on any atom is 0.334 e. The minimum atomic E-state index is -1.03. The molecule has 0 spiro atoms. The lowest BCUT2D eigenvalue weighted by molar-refractivity contribution is -0.384. The molecule has 3 N–H and O–H groups in total. The molecule has 1 aromatic rings. The number of carbonyl (C=O) groups is 6. The lowest BCUT2D eigenvalue weighted by Gasteiger charge is -2.29. The molecule has 0 bridgehead atoms. The van der Waals surface area contributed by atoms with Crippen LogP contribution in [0.2, 0.25) is 0 Å². The number of ether oxygens (including phenoxy) is 2. The molecular formula is C27H37N5O10S. The lowest BCUT2D eigenvalue weighted by Crippen LogP contribution is -2.56. The summed E-state index contributed by atoms with van der Waals surface area (Å²) in [6.45, 7) is 3.15. The summed E-state index contributed by atoms with van der Waals surface area (Å²) in [4.78, 5) is 86.8. The van der Waals surface area contributed by atoms with E-state index in [-0.39, 0.29) is 37.2 Å². The number of nitro groups is 1. The average molecular weight is 624 g/mol. The molecule has 15 nitrogen and oxygen atoms in total. The molecule has 1 saturated heterocycles. The van der Waals surface area contributed by atoms with Gasteiger partial charge in [-0.05, 0) is 57.3 Å². The third kappa shape index (κ3) is 10.9. The van der Waals surface area contributed by atoms with Crippen LogP contribution in [0, 0.1) is 10.1 Å². The van der Waals surface area contributed by atoms with Crippen LogP contribution in [-0.4, -0.2) is 95.2 Å². The molecule has 0 unspecified atom stereocenters. The van der Waals surface area contributed by atoms with Crippen LogP contribution >= 0.6 is 11.8 Å². The van der Waals surface area contributed by atoms with Gasteiger partial charge in [0.25, 0.3) is 5.69 Å². The molecule has 1 aliphatic rings. The Morgan fingerprint density at radius 1 is 1.05 bits per heavy atom. The van der Waals surface area contributed by atoms with Crippen LogP contribution in [0.25, 0.3) is 0 Å². The Labute approximate surface area is 252 Å². The largest absolute Gasteiger partial charge is 0.469 e. The van der Waals surface area contributed by atoms with E-state index in [4.69, 9.17) is 4.74 Å². The molecule has 43 heavy (non-hydrogen) atoms. The second-order valence-electron chi connectivity index (χ2n) is 9.80. The van der Waals surface area contributed by atoms with E-state index in [9.17, 15) is 38.9 Å². The van der Waals surface area contributed by atoms with E-state index in [0.717, 1.165) is 0 Å². The fourth-order valence-corrected chi connectivity index (χ4v) is 4.70. The van der Waals surface area contributed by atoms with Gasteiger partial charge in [0.2, 0.25) is 23.6 Å². The summed E-state index contributed by atoms with van der Waals surface area (Å²) in [5, 5.41) is 18.5. The van der Waals surface area contributed by atoms with Crippen molar-refractivity contribution in [2.75, 3.05) is 25.7 Å². The number of rotatable bonds is 15. The van der Waals surface area contributed by atoms with E-state index >= 15 is 0 Å². The summed E-state index contributed by atoms with van der Waals surface area (Å²) in [5.74, 6) is -2.94. The first kappa shape index (κ1) is 35.0. The van der Waals surface area contributed by atoms with E-state index in [1.165, 1.54) is 61.9 Å². The highest BCUT2D eigenvalue weighted by atomic mass is 32.2. The number of thioether (sulfide) groups is 1. The van der Waals surface area contributed by atoms with Crippen LogP contribution in [-0.2, 0) is 33.5 Å². The number of carbonyl (C=O) groups excluding carboxylic acids is 6. The van der Waals surface area contributed by atoms with Crippen molar-refractivity contribution in [2.45, 2.75) is 70.1 Å². The second-order valence-corrected chi connectivity index (χ2v) is 10.8. The van der Waals surface area contributed by atoms with Gasteiger partial charge < -0.3 is 30.3 Å². The first-order valence-corrected chi connectivity index (χ1v) is 15.0.